The summed E-state index contributed by atoms with van der Waals surface area (Å²) in [7, 11) is 1.64. The van der Waals surface area contributed by atoms with Crippen molar-refractivity contribution in [3.8, 4) is 5.75 Å². The van der Waals surface area contributed by atoms with Crippen molar-refractivity contribution < 1.29 is 9.53 Å². The molecule has 0 unspecified atom stereocenters. The maximum absolute atomic E-state index is 12.6. The molecule has 2 aromatic carbocycles. The van der Waals surface area contributed by atoms with Crippen LogP contribution in [0.3, 0.4) is 0 Å². The Hall–Kier alpha value is -3.12. The second kappa shape index (κ2) is 9.00. The molecule has 1 amide bonds. The van der Waals surface area contributed by atoms with E-state index in [1.54, 1.807) is 24.2 Å². The highest BCUT2D eigenvalue weighted by Gasteiger charge is 2.11. The normalized spacial score (nSPS) is 10.6. The summed E-state index contributed by atoms with van der Waals surface area (Å²) in [5.74, 6) is 0.649. The minimum atomic E-state index is -0.167. The minimum absolute atomic E-state index is 0.167. The molecule has 0 aliphatic carbocycles. The number of anilines is 1. The van der Waals surface area contributed by atoms with Crippen molar-refractivity contribution in [2.24, 2.45) is 0 Å². The summed E-state index contributed by atoms with van der Waals surface area (Å²) in [6.07, 6.45) is 3.35. The zero-order valence-electron chi connectivity index (χ0n) is 15.6. The van der Waals surface area contributed by atoms with Gasteiger partial charge in [-0.15, -0.1) is 0 Å². The SMILES string of the molecule is CCNCc1ccccc1NC(=O)c1cnn(Cc2ccc(OC)cc2)c1. The minimum Gasteiger partial charge on any atom is -0.497 e. The van der Waals surface area contributed by atoms with Crippen molar-refractivity contribution in [1.29, 1.82) is 0 Å². The molecule has 0 aliphatic heterocycles. The lowest BCUT2D eigenvalue weighted by atomic mass is 10.1. The summed E-state index contributed by atoms with van der Waals surface area (Å²) < 4.78 is 6.92. The monoisotopic (exact) mass is 364 g/mol. The molecule has 0 spiro atoms. The van der Waals surface area contributed by atoms with Crippen LogP contribution >= 0.6 is 0 Å². The summed E-state index contributed by atoms with van der Waals surface area (Å²) in [6.45, 7) is 4.23. The van der Waals surface area contributed by atoms with E-state index in [9.17, 15) is 4.79 Å². The third-order valence-electron chi connectivity index (χ3n) is 4.23. The van der Waals surface area contributed by atoms with Gasteiger partial charge in [0.15, 0.2) is 0 Å². The lowest BCUT2D eigenvalue weighted by molar-refractivity contribution is 0.102. The van der Waals surface area contributed by atoms with Gasteiger partial charge in [0.05, 0.1) is 25.4 Å². The number of hydrogen-bond acceptors (Lipinski definition) is 4. The summed E-state index contributed by atoms with van der Waals surface area (Å²) in [6, 6.07) is 15.6. The first kappa shape index (κ1) is 18.7. The van der Waals surface area contributed by atoms with Crippen molar-refractivity contribution in [2.45, 2.75) is 20.0 Å². The standard InChI is InChI=1S/C21H24N4O2/c1-3-22-12-17-6-4-5-7-20(17)24-21(26)18-13-23-25(15-18)14-16-8-10-19(27-2)11-9-16/h4-11,13,15,22H,3,12,14H2,1-2H3,(H,24,26). The summed E-state index contributed by atoms with van der Waals surface area (Å²) >= 11 is 0. The van der Waals surface area contributed by atoms with Gasteiger partial charge in [-0.05, 0) is 35.9 Å². The second-order valence-electron chi connectivity index (χ2n) is 6.17. The molecule has 1 heterocycles. The van der Waals surface area contributed by atoms with E-state index in [4.69, 9.17) is 4.74 Å². The predicted octanol–water partition coefficient (Wildman–Crippen LogP) is 3.30. The van der Waals surface area contributed by atoms with E-state index in [2.05, 4.69) is 22.7 Å². The highest BCUT2D eigenvalue weighted by Crippen LogP contribution is 2.16. The molecule has 0 aliphatic rings. The van der Waals surface area contributed by atoms with Gasteiger partial charge < -0.3 is 15.4 Å². The molecule has 0 saturated heterocycles. The van der Waals surface area contributed by atoms with Gasteiger partial charge in [0.1, 0.15) is 5.75 Å². The summed E-state index contributed by atoms with van der Waals surface area (Å²) in [5.41, 5.74) is 3.48. The molecular formula is C21H24N4O2. The van der Waals surface area contributed by atoms with Crippen LogP contribution in [0.2, 0.25) is 0 Å². The van der Waals surface area contributed by atoms with Crippen LogP contribution < -0.4 is 15.4 Å². The third kappa shape index (κ3) is 4.95. The Morgan fingerprint density at radius 2 is 1.93 bits per heavy atom. The molecule has 3 rings (SSSR count). The fourth-order valence-corrected chi connectivity index (χ4v) is 2.74. The van der Waals surface area contributed by atoms with E-state index < -0.39 is 0 Å². The van der Waals surface area contributed by atoms with Crippen LogP contribution in [-0.2, 0) is 13.1 Å². The molecule has 6 heteroatoms. The van der Waals surface area contributed by atoms with Gasteiger partial charge in [-0.1, -0.05) is 37.3 Å². The number of carbonyl (C=O) groups is 1. The smallest absolute Gasteiger partial charge is 0.258 e. The van der Waals surface area contributed by atoms with E-state index in [0.29, 0.717) is 18.7 Å². The average Bonchev–Trinajstić information content (AvgIpc) is 3.16. The molecular weight excluding hydrogens is 340 g/mol. The lowest BCUT2D eigenvalue weighted by Gasteiger charge is -2.10. The Kier molecular flexibility index (Phi) is 6.22. The quantitative estimate of drug-likeness (QED) is 0.643. The number of para-hydroxylation sites is 1. The van der Waals surface area contributed by atoms with Gasteiger partial charge in [0.2, 0.25) is 0 Å². The van der Waals surface area contributed by atoms with Crippen LogP contribution in [0.15, 0.2) is 60.9 Å². The van der Waals surface area contributed by atoms with Crippen molar-refractivity contribution in [1.82, 2.24) is 15.1 Å². The number of carbonyl (C=O) groups excluding carboxylic acids is 1. The molecule has 0 saturated carbocycles. The number of benzene rings is 2. The Morgan fingerprint density at radius 3 is 2.67 bits per heavy atom. The Morgan fingerprint density at radius 1 is 1.15 bits per heavy atom. The van der Waals surface area contributed by atoms with Crippen LogP contribution in [0.5, 0.6) is 5.75 Å². The number of amides is 1. The fourth-order valence-electron chi connectivity index (χ4n) is 2.74. The first-order valence-corrected chi connectivity index (χ1v) is 8.95. The van der Waals surface area contributed by atoms with Gasteiger partial charge in [0.25, 0.3) is 5.91 Å². The molecule has 140 valence electrons. The fraction of sp³-hybridized carbons (Fsp3) is 0.238. The van der Waals surface area contributed by atoms with Crippen LogP contribution in [-0.4, -0.2) is 29.3 Å². The van der Waals surface area contributed by atoms with Crippen LogP contribution in [0.25, 0.3) is 0 Å². The van der Waals surface area contributed by atoms with Crippen molar-refractivity contribution >= 4 is 11.6 Å². The molecule has 1 aromatic heterocycles. The van der Waals surface area contributed by atoms with Gasteiger partial charge >= 0.3 is 0 Å². The molecule has 2 N–H and O–H groups in total. The Balaban J connectivity index is 1.66. The van der Waals surface area contributed by atoms with Gasteiger partial charge in [-0.25, -0.2) is 0 Å². The molecule has 27 heavy (non-hydrogen) atoms. The highest BCUT2D eigenvalue weighted by atomic mass is 16.5. The van der Waals surface area contributed by atoms with E-state index >= 15 is 0 Å². The van der Waals surface area contributed by atoms with Gasteiger partial charge in [-0.3, -0.25) is 9.48 Å². The summed E-state index contributed by atoms with van der Waals surface area (Å²) in [4.78, 5) is 12.6. The first-order chi connectivity index (χ1) is 13.2. The van der Waals surface area contributed by atoms with Crippen molar-refractivity contribution in [3.05, 3.63) is 77.6 Å². The Labute approximate surface area is 159 Å². The van der Waals surface area contributed by atoms with E-state index in [-0.39, 0.29) is 5.91 Å². The zero-order chi connectivity index (χ0) is 19.1. The topological polar surface area (TPSA) is 68.2 Å². The van der Waals surface area contributed by atoms with E-state index in [0.717, 1.165) is 29.1 Å². The number of rotatable bonds is 8. The van der Waals surface area contributed by atoms with Crippen LogP contribution in [0.4, 0.5) is 5.69 Å². The number of nitrogens with zero attached hydrogens (tertiary/aromatic N) is 2. The number of hydrogen-bond donors (Lipinski definition) is 2. The van der Waals surface area contributed by atoms with Gasteiger partial charge in [-0.2, -0.15) is 5.10 Å². The van der Waals surface area contributed by atoms with Crippen LogP contribution in [0.1, 0.15) is 28.4 Å². The van der Waals surface area contributed by atoms with E-state index in [1.165, 1.54) is 0 Å². The third-order valence-corrected chi connectivity index (χ3v) is 4.23. The number of ether oxygens (including phenoxy) is 1. The number of nitrogens with one attached hydrogen (secondary N) is 2. The lowest BCUT2D eigenvalue weighted by Crippen LogP contribution is -2.16. The number of methoxy groups -OCH3 is 1. The maximum Gasteiger partial charge on any atom is 0.258 e. The molecule has 0 bridgehead atoms. The molecule has 6 nitrogen and oxygen atoms in total. The zero-order valence-corrected chi connectivity index (χ0v) is 15.6. The first-order valence-electron chi connectivity index (χ1n) is 8.95. The molecule has 0 fully saturated rings. The van der Waals surface area contributed by atoms with Crippen LogP contribution in [0, 0.1) is 0 Å². The largest absolute Gasteiger partial charge is 0.497 e. The highest BCUT2D eigenvalue weighted by molar-refractivity contribution is 6.04. The van der Waals surface area contributed by atoms with Crippen molar-refractivity contribution in [2.75, 3.05) is 19.0 Å². The molecule has 0 radical (unpaired) electrons. The summed E-state index contributed by atoms with van der Waals surface area (Å²) in [5, 5.41) is 10.6. The second-order valence-corrected chi connectivity index (χ2v) is 6.17. The van der Waals surface area contributed by atoms with E-state index in [1.807, 2.05) is 48.5 Å². The number of aromatic nitrogens is 2. The maximum atomic E-state index is 12.6. The van der Waals surface area contributed by atoms with Gasteiger partial charge in [0, 0.05) is 18.4 Å². The Bertz CT molecular complexity index is 887. The molecule has 3 aromatic rings. The molecule has 0 atom stereocenters. The van der Waals surface area contributed by atoms with Crippen molar-refractivity contribution in [3.63, 3.8) is 0 Å². The predicted molar refractivity (Wildman–Crippen MR) is 106 cm³/mol. The average molecular weight is 364 g/mol.